The third kappa shape index (κ3) is 12.5. The number of benzene rings is 1. The van der Waals surface area contributed by atoms with Crippen molar-refractivity contribution < 1.29 is 14.3 Å². The van der Waals surface area contributed by atoms with Gasteiger partial charge in [-0.1, -0.05) is 25.0 Å². The zero-order chi connectivity index (χ0) is 19.2. The van der Waals surface area contributed by atoms with Gasteiger partial charge >= 0.3 is 5.97 Å². The Morgan fingerprint density at radius 1 is 1.19 bits per heavy atom. The van der Waals surface area contributed by atoms with E-state index in [1.807, 2.05) is 25.1 Å². The fourth-order valence-corrected chi connectivity index (χ4v) is 2.48. The van der Waals surface area contributed by atoms with Crippen LogP contribution in [0, 0.1) is 6.92 Å². The average molecular weight is 491 g/mol. The average Bonchev–Trinajstić information content (AvgIpc) is 2.63. The highest BCUT2D eigenvalue weighted by molar-refractivity contribution is 14.0. The van der Waals surface area contributed by atoms with Gasteiger partial charge in [-0.05, 0) is 44.4 Å². The summed E-state index contributed by atoms with van der Waals surface area (Å²) in [6.07, 6.45) is 4.57. The van der Waals surface area contributed by atoms with Gasteiger partial charge in [0.15, 0.2) is 5.96 Å². The van der Waals surface area contributed by atoms with Crippen molar-refractivity contribution in [3.63, 3.8) is 0 Å². The van der Waals surface area contributed by atoms with Crippen LogP contribution in [-0.4, -0.2) is 45.3 Å². The van der Waals surface area contributed by atoms with E-state index < -0.39 is 0 Å². The van der Waals surface area contributed by atoms with Crippen LogP contribution in [-0.2, 0) is 9.53 Å². The summed E-state index contributed by atoms with van der Waals surface area (Å²) < 4.78 is 10.5. The van der Waals surface area contributed by atoms with Crippen LogP contribution >= 0.6 is 24.0 Å². The molecule has 0 amide bonds. The van der Waals surface area contributed by atoms with Crippen LogP contribution in [0.1, 0.15) is 44.6 Å². The van der Waals surface area contributed by atoms with E-state index in [2.05, 4.69) is 33.4 Å². The zero-order valence-corrected chi connectivity index (χ0v) is 19.2. The minimum Gasteiger partial charge on any atom is -0.489 e. The van der Waals surface area contributed by atoms with Gasteiger partial charge in [0.2, 0.25) is 0 Å². The van der Waals surface area contributed by atoms with Gasteiger partial charge in [-0.15, -0.1) is 24.0 Å². The lowest BCUT2D eigenvalue weighted by molar-refractivity contribution is -0.140. The first-order valence-electron chi connectivity index (χ1n) is 9.29. The summed E-state index contributed by atoms with van der Waals surface area (Å²) in [4.78, 5) is 15.2. The van der Waals surface area contributed by atoms with E-state index in [1.54, 1.807) is 7.05 Å². The van der Waals surface area contributed by atoms with Crippen LogP contribution in [0.3, 0.4) is 0 Å². The third-order valence-electron chi connectivity index (χ3n) is 3.94. The standard InChI is InChI=1S/C20H33N3O3.HI/c1-16-10-9-11-18(14-16)26-17(2)15-23-20(21-3)22-13-8-6-5-7-12-19(24)25-4;/h9-11,14,17H,5-8,12-13,15H2,1-4H3,(H2,21,22,23);1H. The molecule has 6 nitrogen and oxygen atoms in total. The number of nitrogens with one attached hydrogen (secondary N) is 2. The van der Waals surface area contributed by atoms with E-state index >= 15 is 0 Å². The minimum atomic E-state index is -0.130. The van der Waals surface area contributed by atoms with Crippen molar-refractivity contribution in [1.29, 1.82) is 0 Å². The summed E-state index contributed by atoms with van der Waals surface area (Å²) in [6, 6.07) is 8.05. The van der Waals surface area contributed by atoms with Gasteiger partial charge in [-0.25, -0.2) is 0 Å². The number of aryl methyl sites for hydroxylation is 1. The molecule has 1 aromatic rings. The molecule has 27 heavy (non-hydrogen) atoms. The zero-order valence-electron chi connectivity index (χ0n) is 16.9. The van der Waals surface area contributed by atoms with E-state index in [9.17, 15) is 4.79 Å². The predicted octanol–water partition coefficient (Wildman–Crippen LogP) is 3.67. The Morgan fingerprint density at radius 3 is 2.59 bits per heavy atom. The highest BCUT2D eigenvalue weighted by atomic mass is 127. The van der Waals surface area contributed by atoms with Crippen molar-refractivity contribution in [3.05, 3.63) is 29.8 Å². The number of methoxy groups -OCH3 is 1. The van der Waals surface area contributed by atoms with Gasteiger partial charge in [-0.3, -0.25) is 9.79 Å². The van der Waals surface area contributed by atoms with Crippen molar-refractivity contribution >= 4 is 35.9 Å². The lowest BCUT2D eigenvalue weighted by Crippen LogP contribution is -2.42. The molecule has 0 aliphatic heterocycles. The smallest absolute Gasteiger partial charge is 0.305 e. The number of hydrogen-bond donors (Lipinski definition) is 2. The van der Waals surface area contributed by atoms with E-state index in [0.29, 0.717) is 13.0 Å². The first-order valence-corrected chi connectivity index (χ1v) is 9.29. The fraction of sp³-hybridized carbons (Fsp3) is 0.600. The summed E-state index contributed by atoms with van der Waals surface area (Å²) in [5, 5.41) is 6.58. The molecule has 1 atom stereocenters. The molecule has 1 unspecified atom stereocenters. The number of unbranched alkanes of at least 4 members (excludes halogenated alkanes) is 3. The second-order valence-corrected chi connectivity index (χ2v) is 6.37. The van der Waals surface area contributed by atoms with Crippen LogP contribution in [0.4, 0.5) is 0 Å². The number of halogens is 1. The summed E-state index contributed by atoms with van der Waals surface area (Å²) >= 11 is 0. The largest absolute Gasteiger partial charge is 0.489 e. The highest BCUT2D eigenvalue weighted by Crippen LogP contribution is 2.13. The normalized spacial score (nSPS) is 11.9. The molecule has 0 heterocycles. The molecule has 0 spiro atoms. The molecule has 0 fully saturated rings. The van der Waals surface area contributed by atoms with Crippen molar-refractivity contribution in [2.24, 2.45) is 4.99 Å². The Labute approximate surface area is 180 Å². The van der Waals surface area contributed by atoms with Gasteiger partial charge in [0.05, 0.1) is 13.7 Å². The van der Waals surface area contributed by atoms with Gasteiger partial charge in [-0.2, -0.15) is 0 Å². The molecule has 0 radical (unpaired) electrons. The lowest BCUT2D eigenvalue weighted by Gasteiger charge is -2.18. The van der Waals surface area contributed by atoms with Crippen molar-refractivity contribution in [2.45, 2.75) is 52.1 Å². The second kappa shape index (κ2) is 15.5. The summed E-state index contributed by atoms with van der Waals surface area (Å²) in [5.74, 6) is 1.53. The predicted molar refractivity (Wildman–Crippen MR) is 121 cm³/mol. The van der Waals surface area contributed by atoms with E-state index in [1.165, 1.54) is 12.7 Å². The van der Waals surface area contributed by atoms with Crippen LogP contribution < -0.4 is 15.4 Å². The van der Waals surface area contributed by atoms with Gasteiger partial charge in [0.1, 0.15) is 11.9 Å². The Hall–Kier alpha value is -1.51. The first kappa shape index (κ1) is 25.5. The Morgan fingerprint density at radius 2 is 1.93 bits per heavy atom. The summed E-state index contributed by atoms with van der Waals surface area (Å²) in [6.45, 7) is 5.61. The van der Waals surface area contributed by atoms with Crippen molar-refractivity contribution in [1.82, 2.24) is 10.6 Å². The fourth-order valence-electron chi connectivity index (χ4n) is 2.48. The molecule has 1 rings (SSSR count). The highest BCUT2D eigenvalue weighted by Gasteiger charge is 2.06. The molecule has 154 valence electrons. The number of rotatable bonds is 11. The minimum absolute atomic E-state index is 0. The van der Waals surface area contributed by atoms with E-state index in [-0.39, 0.29) is 36.0 Å². The molecule has 7 heteroatoms. The van der Waals surface area contributed by atoms with Gasteiger partial charge < -0.3 is 20.1 Å². The Balaban J connectivity index is 0.00000676. The van der Waals surface area contributed by atoms with E-state index in [4.69, 9.17) is 4.74 Å². The van der Waals surface area contributed by atoms with E-state index in [0.717, 1.165) is 43.9 Å². The number of carbonyl (C=O) groups is 1. The van der Waals surface area contributed by atoms with Gasteiger partial charge in [0.25, 0.3) is 0 Å². The van der Waals surface area contributed by atoms with Gasteiger partial charge in [0, 0.05) is 20.0 Å². The molecule has 0 saturated carbocycles. The maximum Gasteiger partial charge on any atom is 0.305 e. The number of esters is 1. The molecule has 0 bridgehead atoms. The number of nitrogens with zero attached hydrogens (tertiary/aromatic N) is 1. The van der Waals surface area contributed by atoms with Crippen LogP contribution in [0.5, 0.6) is 5.75 Å². The van der Waals surface area contributed by atoms with Crippen molar-refractivity contribution in [3.8, 4) is 5.75 Å². The molecular weight excluding hydrogens is 457 g/mol. The van der Waals surface area contributed by atoms with Crippen molar-refractivity contribution in [2.75, 3.05) is 27.2 Å². The first-order chi connectivity index (χ1) is 12.5. The number of aliphatic imine (C=N–C) groups is 1. The maximum absolute atomic E-state index is 11.0. The quantitative estimate of drug-likeness (QED) is 0.163. The topological polar surface area (TPSA) is 72.0 Å². The monoisotopic (exact) mass is 491 g/mol. The Bertz CT molecular complexity index is 567. The lowest BCUT2D eigenvalue weighted by atomic mass is 10.1. The second-order valence-electron chi connectivity index (χ2n) is 6.37. The molecule has 0 aliphatic carbocycles. The molecule has 1 aromatic carbocycles. The number of carbonyl (C=O) groups excluding carboxylic acids is 1. The molecule has 0 aromatic heterocycles. The maximum atomic E-state index is 11.0. The number of ether oxygens (including phenoxy) is 2. The number of hydrogen-bond acceptors (Lipinski definition) is 4. The molecule has 0 aliphatic rings. The van der Waals surface area contributed by atoms with Crippen LogP contribution in [0.2, 0.25) is 0 Å². The molecule has 2 N–H and O–H groups in total. The molecular formula is C20H34IN3O3. The Kier molecular flexibility index (Phi) is 14.7. The third-order valence-corrected chi connectivity index (χ3v) is 3.94. The summed E-state index contributed by atoms with van der Waals surface area (Å²) in [7, 11) is 3.19. The number of guanidine groups is 1. The SMILES string of the molecule is CN=C(NCCCCCCC(=O)OC)NCC(C)Oc1cccc(C)c1.I. The van der Waals surface area contributed by atoms with Crippen LogP contribution in [0.25, 0.3) is 0 Å². The summed E-state index contributed by atoms with van der Waals surface area (Å²) in [5.41, 5.74) is 1.19. The van der Waals surface area contributed by atoms with Crippen LogP contribution in [0.15, 0.2) is 29.3 Å². The molecule has 0 saturated heterocycles.